The van der Waals surface area contributed by atoms with E-state index in [0.717, 1.165) is 23.3 Å². The molecule has 0 radical (unpaired) electrons. The Labute approximate surface area is 122 Å². The van der Waals surface area contributed by atoms with Gasteiger partial charge in [-0.1, -0.05) is 25.1 Å². The highest BCUT2D eigenvalue weighted by Gasteiger charge is 2.23. The molecule has 98 valence electrons. The highest BCUT2D eigenvalue weighted by atomic mass is 79.9. The number of fused-ring (bicyclic) bond motifs is 1. The molecule has 2 heterocycles. The van der Waals surface area contributed by atoms with Crippen molar-refractivity contribution in [2.24, 2.45) is 5.92 Å². The monoisotopic (exact) mass is 316 g/mol. The maximum absolute atomic E-state index is 4.58. The fourth-order valence-electron chi connectivity index (χ4n) is 2.69. The number of anilines is 2. The van der Waals surface area contributed by atoms with Gasteiger partial charge in [-0.25, -0.2) is 4.98 Å². The molecule has 1 aliphatic rings. The highest BCUT2D eigenvalue weighted by Crippen LogP contribution is 2.35. The first-order valence-electron chi connectivity index (χ1n) is 6.63. The number of halogens is 1. The van der Waals surface area contributed by atoms with E-state index in [4.69, 9.17) is 0 Å². The molecule has 0 amide bonds. The van der Waals surface area contributed by atoms with Gasteiger partial charge in [-0.05, 0) is 58.5 Å². The Kier molecular flexibility index (Phi) is 3.31. The van der Waals surface area contributed by atoms with Crippen molar-refractivity contribution in [3.63, 3.8) is 0 Å². The van der Waals surface area contributed by atoms with Gasteiger partial charge in [0.05, 0.1) is 0 Å². The van der Waals surface area contributed by atoms with E-state index in [1.807, 2.05) is 6.20 Å². The minimum atomic E-state index is 0.653. The van der Waals surface area contributed by atoms with E-state index in [1.165, 1.54) is 16.8 Å². The minimum absolute atomic E-state index is 0.653. The van der Waals surface area contributed by atoms with Crippen LogP contribution < -0.4 is 4.90 Å². The van der Waals surface area contributed by atoms with Crippen LogP contribution in [-0.2, 0) is 6.42 Å². The van der Waals surface area contributed by atoms with Crippen LogP contribution >= 0.6 is 15.9 Å². The second-order valence-electron chi connectivity index (χ2n) is 5.34. The Morgan fingerprint density at radius 3 is 2.89 bits per heavy atom. The van der Waals surface area contributed by atoms with Crippen LogP contribution in [-0.4, -0.2) is 11.5 Å². The van der Waals surface area contributed by atoms with E-state index in [0.29, 0.717) is 5.92 Å². The molecule has 2 nitrogen and oxygen atoms in total. The predicted molar refractivity (Wildman–Crippen MR) is 83.0 cm³/mol. The Morgan fingerprint density at radius 2 is 2.11 bits per heavy atom. The molecule has 0 fully saturated rings. The molecule has 3 rings (SSSR count). The van der Waals surface area contributed by atoms with Gasteiger partial charge < -0.3 is 4.90 Å². The van der Waals surface area contributed by atoms with Crippen LogP contribution in [0.2, 0.25) is 0 Å². The van der Waals surface area contributed by atoms with Gasteiger partial charge in [-0.2, -0.15) is 0 Å². The topological polar surface area (TPSA) is 16.1 Å². The van der Waals surface area contributed by atoms with Crippen molar-refractivity contribution in [1.82, 2.24) is 4.98 Å². The SMILES string of the molecule is Cc1cc(N2CC(C)Cc3ccccc32)ncc1Br. The quantitative estimate of drug-likeness (QED) is 0.771. The first-order valence-corrected chi connectivity index (χ1v) is 7.42. The zero-order valence-electron chi connectivity index (χ0n) is 11.2. The summed E-state index contributed by atoms with van der Waals surface area (Å²) < 4.78 is 1.06. The van der Waals surface area contributed by atoms with Gasteiger partial charge in [-0.15, -0.1) is 0 Å². The smallest absolute Gasteiger partial charge is 0.133 e. The second-order valence-corrected chi connectivity index (χ2v) is 6.19. The number of aryl methyl sites for hydroxylation is 1. The summed E-state index contributed by atoms with van der Waals surface area (Å²) in [5.41, 5.74) is 3.94. The van der Waals surface area contributed by atoms with Gasteiger partial charge in [0, 0.05) is 22.9 Å². The summed E-state index contributed by atoms with van der Waals surface area (Å²) >= 11 is 3.52. The Hall–Kier alpha value is -1.35. The molecule has 19 heavy (non-hydrogen) atoms. The Balaban J connectivity index is 2.07. The first kappa shape index (κ1) is 12.7. The summed E-state index contributed by atoms with van der Waals surface area (Å²) in [5.74, 6) is 1.69. The number of pyridine rings is 1. The van der Waals surface area contributed by atoms with E-state index in [1.54, 1.807) is 0 Å². The predicted octanol–water partition coefficient (Wildman–Crippen LogP) is 4.48. The fraction of sp³-hybridized carbons (Fsp3) is 0.312. The van der Waals surface area contributed by atoms with Crippen LogP contribution in [0.25, 0.3) is 0 Å². The minimum Gasteiger partial charge on any atom is -0.326 e. The van der Waals surface area contributed by atoms with E-state index < -0.39 is 0 Å². The number of aromatic nitrogens is 1. The molecular formula is C16H17BrN2. The number of hydrogen-bond donors (Lipinski definition) is 0. The summed E-state index contributed by atoms with van der Waals surface area (Å²) in [4.78, 5) is 6.91. The van der Waals surface area contributed by atoms with Crippen molar-refractivity contribution in [2.75, 3.05) is 11.4 Å². The van der Waals surface area contributed by atoms with Gasteiger partial charge in [-0.3, -0.25) is 0 Å². The number of para-hydroxylation sites is 1. The van der Waals surface area contributed by atoms with Crippen LogP contribution in [0.1, 0.15) is 18.1 Å². The lowest BCUT2D eigenvalue weighted by Gasteiger charge is -2.34. The highest BCUT2D eigenvalue weighted by molar-refractivity contribution is 9.10. The molecular weight excluding hydrogens is 300 g/mol. The van der Waals surface area contributed by atoms with Crippen molar-refractivity contribution in [1.29, 1.82) is 0 Å². The third kappa shape index (κ3) is 2.39. The van der Waals surface area contributed by atoms with Gasteiger partial charge in [0.2, 0.25) is 0 Å². The second kappa shape index (κ2) is 4.97. The summed E-state index contributed by atoms with van der Waals surface area (Å²) in [6.07, 6.45) is 3.05. The van der Waals surface area contributed by atoms with Gasteiger partial charge in [0.1, 0.15) is 5.82 Å². The summed E-state index contributed by atoms with van der Waals surface area (Å²) in [5, 5.41) is 0. The number of benzene rings is 1. The average Bonchev–Trinajstić information content (AvgIpc) is 2.41. The molecule has 1 atom stereocenters. The van der Waals surface area contributed by atoms with E-state index in [2.05, 4.69) is 70.0 Å². The molecule has 0 saturated heterocycles. The average molecular weight is 317 g/mol. The lowest BCUT2D eigenvalue weighted by molar-refractivity contribution is 0.560. The Bertz CT molecular complexity index is 609. The lowest BCUT2D eigenvalue weighted by atomic mass is 9.94. The zero-order valence-corrected chi connectivity index (χ0v) is 12.8. The fourth-order valence-corrected chi connectivity index (χ4v) is 2.90. The molecule has 1 unspecified atom stereocenters. The number of rotatable bonds is 1. The third-order valence-electron chi connectivity index (χ3n) is 3.65. The molecule has 3 heteroatoms. The summed E-state index contributed by atoms with van der Waals surface area (Å²) in [6.45, 7) is 5.44. The van der Waals surface area contributed by atoms with Crippen molar-refractivity contribution >= 4 is 27.4 Å². The molecule has 1 aliphatic heterocycles. The van der Waals surface area contributed by atoms with Gasteiger partial charge >= 0.3 is 0 Å². The zero-order chi connectivity index (χ0) is 13.4. The van der Waals surface area contributed by atoms with Crippen molar-refractivity contribution in [3.05, 3.63) is 52.1 Å². The van der Waals surface area contributed by atoms with Crippen LogP contribution in [0.3, 0.4) is 0 Å². The van der Waals surface area contributed by atoms with Gasteiger partial charge in [0.15, 0.2) is 0 Å². The maximum Gasteiger partial charge on any atom is 0.133 e. The van der Waals surface area contributed by atoms with E-state index in [-0.39, 0.29) is 0 Å². The molecule has 0 bridgehead atoms. The van der Waals surface area contributed by atoms with Crippen LogP contribution in [0, 0.1) is 12.8 Å². The molecule has 0 aliphatic carbocycles. The number of nitrogens with zero attached hydrogens (tertiary/aromatic N) is 2. The first-order chi connectivity index (χ1) is 9.15. The van der Waals surface area contributed by atoms with Crippen LogP contribution in [0.15, 0.2) is 41.0 Å². The van der Waals surface area contributed by atoms with Gasteiger partial charge in [0.25, 0.3) is 0 Å². The number of hydrogen-bond acceptors (Lipinski definition) is 2. The summed E-state index contributed by atoms with van der Waals surface area (Å²) in [7, 11) is 0. The normalized spacial score (nSPS) is 18.3. The standard InChI is InChI=1S/C16H17BrN2/c1-11-7-13-5-3-4-6-15(13)19(10-11)16-8-12(2)14(17)9-18-16/h3-6,8-9,11H,7,10H2,1-2H3. The molecule has 1 aromatic heterocycles. The van der Waals surface area contributed by atoms with Crippen LogP contribution in [0.5, 0.6) is 0 Å². The van der Waals surface area contributed by atoms with Crippen molar-refractivity contribution < 1.29 is 0 Å². The van der Waals surface area contributed by atoms with E-state index >= 15 is 0 Å². The largest absolute Gasteiger partial charge is 0.326 e. The molecule has 0 spiro atoms. The molecule has 0 saturated carbocycles. The maximum atomic E-state index is 4.58. The van der Waals surface area contributed by atoms with E-state index in [9.17, 15) is 0 Å². The third-order valence-corrected chi connectivity index (χ3v) is 4.48. The summed E-state index contributed by atoms with van der Waals surface area (Å²) in [6, 6.07) is 10.8. The van der Waals surface area contributed by atoms with Crippen molar-refractivity contribution in [2.45, 2.75) is 20.3 Å². The lowest BCUT2D eigenvalue weighted by Crippen LogP contribution is -2.31. The molecule has 0 N–H and O–H groups in total. The molecule has 1 aromatic carbocycles. The molecule has 2 aromatic rings. The van der Waals surface area contributed by atoms with Crippen LogP contribution in [0.4, 0.5) is 11.5 Å². The van der Waals surface area contributed by atoms with Crippen molar-refractivity contribution in [3.8, 4) is 0 Å². The Morgan fingerprint density at radius 1 is 1.32 bits per heavy atom.